The Morgan fingerprint density at radius 1 is 1.37 bits per heavy atom. The molecule has 1 saturated carbocycles. The molecule has 1 aliphatic carbocycles. The lowest BCUT2D eigenvalue weighted by molar-refractivity contribution is -0.179. The third kappa shape index (κ3) is 3.46. The number of nitrogens with one attached hydrogen (secondary N) is 1. The van der Waals surface area contributed by atoms with Gasteiger partial charge in [-0.3, -0.25) is 4.79 Å². The van der Waals surface area contributed by atoms with Crippen LogP contribution in [0.4, 0.5) is 0 Å². The van der Waals surface area contributed by atoms with Crippen LogP contribution in [0, 0.1) is 0 Å². The summed E-state index contributed by atoms with van der Waals surface area (Å²) in [6.45, 7) is 6.12. The van der Waals surface area contributed by atoms with Crippen molar-refractivity contribution < 1.29 is 14.3 Å². The second kappa shape index (κ2) is 6.20. The van der Waals surface area contributed by atoms with Crippen LogP contribution in [0.25, 0.3) is 0 Å². The van der Waals surface area contributed by atoms with E-state index >= 15 is 0 Å². The Labute approximate surface area is 115 Å². The molecule has 5 nitrogen and oxygen atoms in total. The fourth-order valence-electron chi connectivity index (χ4n) is 2.92. The Kier molecular flexibility index (Phi) is 4.81. The fourth-order valence-corrected chi connectivity index (χ4v) is 2.92. The van der Waals surface area contributed by atoms with Gasteiger partial charge in [-0.2, -0.15) is 0 Å². The summed E-state index contributed by atoms with van der Waals surface area (Å²) >= 11 is 0. The number of amides is 1. The standard InChI is InChI=1S/C14H26N2O3/c1-4-16(3)13(17)11(2)15-12-5-7-14(8-6-12)18-9-10-19-14/h11-12,15H,4-10H2,1-3H3. The van der Waals surface area contributed by atoms with Crippen LogP contribution < -0.4 is 5.32 Å². The minimum absolute atomic E-state index is 0.116. The number of carbonyl (C=O) groups is 1. The molecule has 1 unspecified atom stereocenters. The van der Waals surface area contributed by atoms with E-state index in [0.717, 1.165) is 32.2 Å². The summed E-state index contributed by atoms with van der Waals surface area (Å²) in [7, 11) is 1.84. The third-order valence-electron chi connectivity index (χ3n) is 4.27. The third-order valence-corrected chi connectivity index (χ3v) is 4.27. The molecule has 19 heavy (non-hydrogen) atoms. The van der Waals surface area contributed by atoms with Crippen molar-refractivity contribution in [2.45, 2.75) is 57.4 Å². The number of hydrogen-bond acceptors (Lipinski definition) is 4. The summed E-state index contributed by atoms with van der Waals surface area (Å²) in [5.41, 5.74) is 0. The van der Waals surface area contributed by atoms with Crippen molar-refractivity contribution in [3.8, 4) is 0 Å². The summed E-state index contributed by atoms with van der Waals surface area (Å²) in [6.07, 6.45) is 3.87. The van der Waals surface area contributed by atoms with Crippen molar-refractivity contribution >= 4 is 5.91 Å². The maximum atomic E-state index is 12.0. The van der Waals surface area contributed by atoms with Crippen molar-refractivity contribution in [1.29, 1.82) is 0 Å². The lowest BCUT2D eigenvalue weighted by atomic mass is 9.89. The SMILES string of the molecule is CCN(C)C(=O)C(C)NC1CCC2(CC1)OCCO2. The summed E-state index contributed by atoms with van der Waals surface area (Å²) in [5, 5.41) is 3.44. The summed E-state index contributed by atoms with van der Waals surface area (Å²) < 4.78 is 11.4. The Morgan fingerprint density at radius 3 is 2.47 bits per heavy atom. The van der Waals surface area contributed by atoms with Crippen LogP contribution in [0.3, 0.4) is 0 Å². The highest BCUT2D eigenvalue weighted by molar-refractivity contribution is 5.81. The Morgan fingerprint density at radius 2 is 1.95 bits per heavy atom. The molecule has 2 aliphatic rings. The number of ether oxygens (including phenoxy) is 2. The van der Waals surface area contributed by atoms with E-state index in [-0.39, 0.29) is 17.7 Å². The maximum absolute atomic E-state index is 12.0. The van der Waals surface area contributed by atoms with Gasteiger partial charge in [-0.05, 0) is 26.7 Å². The molecule has 5 heteroatoms. The van der Waals surface area contributed by atoms with E-state index in [4.69, 9.17) is 9.47 Å². The van der Waals surface area contributed by atoms with Crippen LogP contribution in [-0.2, 0) is 14.3 Å². The molecule has 0 radical (unpaired) electrons. The molecule has 110 valence electrons. The zero-order valence-corrected chi connectivity index (χ0v) is 12.3. The van der Waals surface area contributed by atoms with Gasteiger partial charge in [-0.15, -0.1) is 0 Å². The van der Waals surface area contributed by atoms with Crippen LogP contribution in [0.1, 0.15) is 39.5 Å². The van der Waals surface area contributed by atoms with Gasteiger partial charge in [0.05, 0.1) is 19.3 Å². The minimum atomic E-state index is -0.314. The molecular formula is C14H26N2O3. The lowest BCUT2D eigenvalue weighted by Gasteiger charge is -2.36. The number of carbonyl (C=O) groups excluding carboxylic acids is 1. The van der Waals surface area contributed by atoms with Crippen molar-refractivity contribution in [3.63, 3.8) is 0 Å². The largest absolute Gasteiger partial charge is 0.348 e. The van der Waals surface area contributed by atoms with Crippen molar-refractivity contribution in [2.24, 2.45) is 0 Å². The molecule has 2 rings (SSSR count). The average Bonchev–Trinajstić information content (AvgIpc) is 2.88. The predicted octanol–water partition coefficient (Wildman–Crippen LogP) is 1.13. The molecule has 1 saturated heterocycles. The lowest BCUT2D eigenvalue weighted by Crippen LogP contribution is -2.50. The molecule has 0 aromatic heterocycles. The molecule has 1 aliphatic heterocycles. The second-order valence-corrected chi connectivity index (χ2v) is 5.62. The van der Waals surface area contributed by atoms with E-state index in [9.17, 15) is 4.79 Å². The van der Waals surface area contributed by atoms with Crippen molar-refractivity contribution in [1.82, 2.24) is 10.2 Å². The van der Waals surface area contributed by atoms with Crippen molar-refractivity contribution in [2.75, 3.05) is 26.8 Å². The quantitative estimate of drug-likeness (QED) is 0.832. The molecule has 1 N–H and O–H groups in total. The van der Waals surface area contributed by atoms with Gasteiger partial charge >= 0.3 is 0 Å². The zero-order valence-electron chi connectivity index (χ0n) is 12.3. The Bertz CT molecular complexity index is 306. The average molecular weight is 270 g/mol. The van der Waals surface area contributed by atoms with Gasteiger partial charge in [0.1, 0.15) is 0 Å². The molecule has 2 fully saturated rings. The van der Waals surface area contributed by atoms with Crippen molar-refractivity contribution in [3.05, 3.63) is 0 Å². The highest BCUT2D eigenvalue weighted by Gasteiger charge is 2.40. The van der Waals surface area contributed by atoms with Crippen LogP contribution in [-0.4, -0.2) is 55.5 Å². The molecule has 0 bridgehead atoms. The van der Waals surface area contributed by atoms with E-state index in [1.54, 1.807) is 4.90 Å². The number of likely N-dealkylation sites (N-methyl/N-ethyl adjacent to an activating group) is 1. The van der Waals surface area contributed by atoms with Gasteiger partial charge in [-0.25, -0.2) is 0 Å². The van der Waals surface area contributed by atoms with Gasteiger partial charge in [-0.1, -0.05) is 0 Å². The van der Waals surface area contributed by atoms with Gasteiger partial charge in [0.25, 0.3) is 0 Å². The van der Waals surface area contributed by atoms with Gasteiger partial charge < -0.3 is 19.7 Å². The van der Waals surface area contributed by atoms with E-state index in [1.807, 2.05) is 20.9 Å². The topological polar surface area (TPSA) is 50.8 Å². The number of rotatable bonds is 4. The van der Waals surface area contributed by atoms with E-state index in [1.165, 1.54) is 0 Å². The van der Waals surface area contributed by atoms with Crippen LogP contribution in [0.2, 0.25) is 0 Å². The van der Waals surface area contributed by atoms with Crippen LogP contribution >= 0.6 is 0 Å². The number of hydrogen-bond donors (Lipinski definition) is 1. The Hall–Kier alpha value is -0.650. The van der Waals surface area contributed by atoms with E-state index in [2.05, 4.69) is 5.32 Å². The van der Waals surface area contributed by atoms with Gasteiger partial charge in [0.2, 0.25) is 5.91 Å². The summed E-state index contributed by atoms with van der Waals surface area (Å²) in [6, 6.07) is 0.275. The molecule has 1 heterocycles. The predicted molar refractivity (Wildman–Crippen MR) is 72.8 cm³/mol. The fraction of sp³-hybridized carbons (Fsp3) is 0.929. The smallest absolute Gasteiger partial charge is 0.239 e. The molecule has 1 spiro atoms. The molecular weight excluding hydrogens is 244 g/mol. The van der Waals surface area contributed by atoms with Crippen LogP contribution in [0.15, 0.2) is 0 Å². The maximum Gasteiger partial charge on any atom is 0.239 e. The molecule has 0 aromatic carbocycles. The van der Waals surface area contributed by atoms with E-state index in [0.29, 0.717) is 19.3 Å². The Balaban J connectivity index is 1.77. The first kappa shape index (κ1) is 14.8. The molecule has 1 amide bonds. The minimum Gasteiger partial charge on any atom is -0.348 e. The first-order chi connectivity index (χ1) is 9.06. The van der Waals surface area contributed by atoms with Gasteiger partial charge in [0, 0.05) is 32.5 Å². The monoisotopic (exact) mass is 270 g/mol. The first-order valence-electron chi connectivity index (χ1n) is 7.35. The van der Waals surface area contributed by atoms with Crippen LogP contribution in [0.5, 0.6) is 0 Å². The first-order valence-corrected chi connectivity index (χ1v) is 7.35. The highest BCUT2D eigenvalue weighted by Crippen LogP contribution is 2.35. The highest BCUT2D eigenvalue weighted by atomic mass is 16.7. The van der Waals surface area contributed by atoms with E-state index < -0.39 is 0 Å². The summed E-state index contributed by atoms with van der Waals surface area (Å²) in [4.78, 5) is 13.8. The normalized spacial score (nSPS) is 24.6. The molecule has 0 aromatic rings. The molecule has 1 atom stereocenters. The number of nitrogens with zero attached hydrogens (tertiary/aromatic N) is 1. The second-order valence-electron chi connectivity index (χ2n) is 5.62. The van der Waals surface area contributed by atoms with Gasteiger partial charge in [0.15, 0.2) is 5.79 Å². The summed E-state index contributed by atoms with van der Waals surface area (Å²) in [5.74, 6) is -0.151. The zero-order chi connectivity index (χ0) is 13.9.